The fourth-order valence-corrected chi connectivity index (χ4v) is 2.46. The predicted molar refractivity (Wildman–Crippen MR) is 51.2 cm³/mol. The highest BCUT2D eigenvalue weighted by atomic mass is 16.3. The number of rotatable bonds is 0. The minimum absolute atomic E-state index is 0.0430. The fraction of sp³-hybridized carbons (Fsp3) is 0.636. The monoisotopic (exact) mass is 180 g/mol. The molecule has 13 heavy (non-hydrogen) atoms. The van der Waals surface area contributed by atoms with Gasteiger partial charge in [-0.05, 0) is 19.3 Å². The summed E-state index contributed by atoms with van der Waals surface area (Å²) in [5.41, 5.74) is 2.42. The first-order valence-corrected chi connectivity index (χ1v) is 4.79. The molecular weight excluding hydrogens is 164 g/mol. The topological polar surface area (TPSA) is 40.5 Å². The molecule has 0 aromatic rings. The van der Waals surface area contributed by atoms with Crippen LogP contribution in [0.25, 0.3) is 0 Å². The molecule has 0 aromatic carbocycles. The Morgan fingerprint density at radius 3 is 2.85 bits per heavy atom. The Hall–Kier alpha value is -0.600. The first-order chi connectivity index (χ1) is 6.04. The second kappa shape index (κ2) is 2.69. The standard InChI is InChI=1S/C11H16O2/c1-7-3-4-8-5-9(12)10(13)6-11(7,8)2/h5,9-10,12-13H,1,3-4,6H2,2H3/t9?,10?,11-/m1/s1. The highest BCUT2D eigenvalue weighted by Crippen LogP contribution is 2.51. The van der Waals surface area contributed by atoms with Crippen LogP contribution in [0.15, 0.2) is 23.8 Å². The molecule has 0 heterocycles. The third-order valence-electron chi connectivity index (χ3n) is 3.57. The fourth-order valence-electron chi connectivity index (χ4n) is 2.46. The van der Waals surface area contributed by atoms with Crippen LogP contribution in [0.2, 0.25) is 0 Å². The van der Waals surface area contributed by atoms with Gasteiger partial charge in [-0.1, -0.05) is 30.7 Å². The second-order valence-electron chi connectivity index (χ2n) is 4.39. The van der Waals surface area contributed by atoms with Gasteiger partial charge in [-0.3, -0.25) is 0 Å². The average molecular weight is 180 g/mol. The van der Waals surface area contributed by atoms with E-state index in [1.54, 1.807) is 0 Å². The highest BCUT2D eigenvalue weighted by Gasteiger charge is 2.43. The molecule has 2 aliphatic carbocycles. The number of hydrogen-bond donors (Lipinski definition) is 2. The molecule has 3 atom stereocenters. The van der Waals surface area contributed by atoms with Crippen LogP contribution in [-0.4, -0.2) is 22.4 Å². The Bertz CT molecular complexity index is 280. The van der Waals surface area contributed by atoms with Crippen LogP contribution in [-0.2, 0) is 0 Å². The third kappa shape index (κ3) is 1.17. The molecule has 0 amide bonds. The van der Waals surface area contributed by atoms with Crippen LogP contribution in [0.3, 0.4) is 0 Å². The number of aliphatic hydroxyl groups is 2. The molecule has 2 N–H and O–H groups in total. The Labute approximate surface area is 78.6 Å². The van der Waals surface area contributed by atoms with E-state index < -0.39 is 12.2 Å². The van der Waals surface area contributed by atoms with Crippen molar-refractivity contribution < 1.29 is 10.2 Å². The molecule has 1 fully saturated rings. The van der Waals surface area contributed by atoms with E-state index in [1.165, 1.54) is 11.1 Å². The van der Waals surface area contributed by atoms with Crippen LogP contribution >= 0.6 is 0 Å². The lowest BCUT2D eigenvalue weighted by Crippen LogP contribution is -2.36. The van der Waals surface area contributed by atoms with Crippen molar-refractivity contribution in [1.82, 2.24) is 0 Å². The van der Waals surface area contributed by atoms with Gasteiger partial charge < -0.3 is 10.2 Å². The maximum absolute atomic E-state index is 9.57. The molecule has 0 bridgehead atoms. The smallest absolute Gasteiger partial charge is 0.0983 e. The van der Waals surface area contributed by atoms with Crippen molar-refractivity contribution in [3.05, 3.63) is 23.8 Å². The van der Waals surface area contributed by atoms with Gasteiger partial charge in [0.25, 0.3) is 0 Å². The van der Waals surface area contributed by atoms with Crippen LogP contribution < -0.4 is 0 Å². The van der Waals surface area contributed by atoms with Crippen LogP contribution in [0.5, 0.6) is 0 Å². The van der Waals surface area contributed by atoms with Gasteiger partial charge >= 0.3 is 0 Å². The molecule has 2 heteroatoms. The van der Waals surface area contributed by atoms with Gasteiger partial charge in [0.2, 0.25) is 0 Å². The second-order valence-corrected chi connectivity index (χ2v) is 4.39. The molecule has 2 unspecified atom stereocenters. The normalized spacial score (nSPS) is 44.5. The molecule has 0 saturated heterocycles. The molecular formula is C11H16O2. The van der Waals surface area contributed by atoms with Crippen molar-refractivity contribution in [2.75, 3.05) is 0 Å². The zero-order chi connectivity index (χ0) is 9.64. The maximum Gasteiger partial charge on any atom is 0.0983 e. The molecule has 2 rings (SSSR count). The summed E-state index contributed by atoms with van der Waals surface area (Å²) in [4.78, 5) is 0. The Morgan fingerprint density at radius 1 is 1.46 bits per heavy atom. The summed E-state index contributed by atoms with van der Waals surface area (Å²) in [6.07, 6.45) is 3.14. The predicted octanol–water partition coefficient (Wildman–Crippen LogP) is 1.39. The summed E-state index contributed by atoms with van der Waals surface area (Å²) in [5.74, 6) is 0. The Kier molecular flexibility index (Phi) is 1.86. The number of hydrogen-bond acceptors (Lipinski definition) is 2. The molecule has 72 valence electrons. The van der Waals surface area contributed by atoms with E-state index in [-0.39, 0.29) is 5.41 Å². The third-order valence-corrected chi connectivity index (χ3v) is 3.57. The van der Waals surface area contributed by atoms with Crippen molar-refractivity contribution >= 4 is 0 Å². The minimum Gasteiger partial charge on any atom is -0.390 e. The highest BCUT2D eigenvalue weighted by molar-refractivity contribution is 5.36. The zero-order valence-electron chi connectivity index (χ0n) is 7.95. The van der Waals surface area contributed by atoms with Gasteiger partial charge in [0.15, 0.2) is 0 Å². The van der Waals surface area contributed by atoms with Gasteiger partial charge in [-0.25, -0.2) is 0 Å². The van der Waals surface area contributed by atoms with Crippen molar-refractivity contribution in [2.24, 2.45) is 5.41 Å². The number of aliphatic hydroxyl groups excluding tert-OH is 2. The molecule has 1 saturated carbocycles. The first-order valence-electron chi connectivity index (χ1n) is 4.79. The molecule has 2 aliphatic rings. The molecule has 2 nitrogen and oxygen atoms in total. The van der Waals surface area contributed by atoms with Gasteiger partial charge in [0, 0.05) is 5.41 Å². The van der Waals surface area contributed by atoms with Crippen LogP contribution in [0.4, 0.5) is 0 Å². The van der Waals surface area contributed by atoms with Crippen LogP contribution in [0, 0.1) is 5.41 Å². The van der Waals surface area contributed by atoms with E-state index in [4.69, 9.17) is 0 Å². The minimum atomic E-state index is -0.672. The van der Waals surface area contributed by atoms with E-state index in [9.17, 15) is 10.2 Å². The van der Waals surface area contributed by atoms with Crippen molar-refractivity contribution in [1.29, 1.82) is 0 Å². The van der Waals surface area contributed by atoms with E-state index in [2.05, 4.69) is 13.5 Å². The number of allylic oxidation sites excluding steroid dienone is 2. The first kappa shape index (κ1) is 8.97. The lowest BCUT2D eigenvalue weighted by atomic mass is 9.72. The lowest BCUT2D eigenvalue weighted by molar-refractivity contribution is 0.0179. The van der Waals surface area contributed by atoms with E-state index >= 15 is 0 Å². The van der Waals surface area contributed by atoms with Gasteiger partial charge in [-0.2, -0.15) is 0 Å². The quantitative estimate of drug-likeness (QED) is 0.553. The maximum atomic E-state index is 9.57. The van der Waals surface area contributed by atoms with Crippen molar-refractivity contribution in [3.8, 4) is 0 Å². The Balaban J connectivity index is 2.39. The summed E-state index contributed by atoms with van der Waals surface area (Å²) in [6.45, 7) is 6.15. The zero-order valence-corrected chi connectivity index (χ0v) is 7.95. The van der Waals surface area contributed by atoms with E-state index in [0.717, 1.165) is 12.8 Å². The van der Waals surface area contributed by atoms with Gasteiger partial charge in [0.1, 0.15) is 0 Å². The van der Waals surface area contributed by atoms with Crippen molar-refractivity contribution in [3.63, 3.8) is 0 Å². The summed E-state index contributed by atoms with van der Waals surface area (Å²) in [5, 5.41) is 19.0. The van der Waals surface area contributed by atoms with Gasteiger partial charge in [-0.15, -0.1) is 0 Å². The molecule has 0 aromatic heterocycles. The molecule has 0 aliphatic heterocycles. The molecule has 0 radical (unpaired) electrons. The van der Waals surface area contributed by atoms with E-state index in [1.807, 2.05) is 6.08 Å². The summed E-state index contributed by atoms with van der Waals surface area (Å²) >= 11 is 0. The summed E-state index contributed by atoms with van der Waals surface area (Å²) in [7, 11) is 0. The summed E-state index contributed by atoms with van der Waals surface area (Å²) < 4.78 is 0. The largest absolute Gasteiger partial charge is 0.390 e. The van der Waals surface area contributed by atoms with Crippen molar-refractivity contribution in [2.45, 2.75) is 38.4 Å². The van der Waals surface area contributed by atoms with E-state index in [0.29, 0.717) is 6.42 Å². The number of fused-ring (bicyclic) bond motifs is 1. The Morgan fingerprint density at radius 2 is 2.15 bits per heavy atom. The molecule has 0 spiro atoms. The SMILES string of the molecule is C=C1CCC2=CC(O)C(O)C[C@]12C. The van der Waals surface area contributed by atoms with Crippen LogP contribution in [0.1, 0.15) is 26.2 Å². The summed E-state index contributed by atoms with van der Waals surface area (Å²) in [6, 6.07) is 0. The van der Waals surface area contributed by atoms with Gasteiger partial charge in [0.05, 0.1) is 12.2 Å². The average Bonchev–Trinajstić information content (AvgIpc) is 2.32. The lowest BCUT2D eigenvalue weighted by Gasteiger charge is -2.36.